The highest BCUT2D eigenvalue weighted by Crippen LogP contribution is 2.22. The summed E-state index contributed by atoms with van der Waals surface area (Å²) in [7, 11) is 0. The number of nitrogens with zero attached hydrogens (tertiary/aromatic N) is 2. The molecule has 0 radical (unpaired) electrons. The minimum absolute atomic E-state index is 0.204. The van der Waals surface area contributed by atoms with Crippen molar-refractivity contribution in [1.82, 2.24) is 4.90 Å². The number of nitrogens with two attached hydrogens (primary N) is 1. The molecule has 1 aromatic rings. The van der Waals surface area contributed by atoms with E-state index in [0.717, 1.165) is 4.88 Å². The first kappa shape index (κ1) is 11.6. The van der Waals surface area contributed by atoms with Crippen molar-refractivity contribution in [3.05, 3.63) is 21.9 Å². The maximum atomic E-state index is 11.8. The summed E-state index contributed by atoms with van der Waals surface area (Å²) in [4.78, 5) is 25.3. The van der Waals surface area contributed by atoms with Crippen LogP contribution in [0, 0.1) is 17.2 Å². The van der Waals surface area contributed by atoms with E-state index < -0.39 is 11.8 Å². The normalized spacial score (nSPS) is 19.4. The fourth-order valence-electron chi connectivity index (χ4n) is 1.87. The van der Waals surface area contributed by atoms with Crippen LogP contribution in [-0.2, 0) is 16.1 Å². The van der Waals surface area contributed by atoms with Crippen LogP contribution in [0.25, 0.3) is 0 Å². The smallest absolute Gasteiger partial charge is 0.235 e. The molecule has 1 atom stereocenters. The van der Waals surface area contributed by atoms with Gasteiger partial charge in [-0.05, 0) is 12.5 Å². The summed E-state index contributed by atoms with van der Waals surface area (Å²) >= 11 is 1.44. The summed E-state index contributed by atoms with van der Waals surface area (Å²) in [5.41, 5.74) is 5.74. The molecule has 2 rings (SSSR count). The Kier molecular flexibility index (Phi) is 3.11. The van der Waals surface area contributed by atoms with Crippen molar-refractivity contribution in [1.29, 1.82) is 5.26 Å². The third kappa shape index (κ3) is 2.29. The number of rotatable bonds is 3. The summed E-state index contributed by atoms with van der Waals surface area (Å²) in [5, 5.41) is 10.4. The first-order chi connectivity index (χ1) is 8.11. The topological polar surface area (TPSA) is 87.2 Å². The Bertz CT molecular complexity index is 503. The van der Waals surface area contributed by atoms with Gasteiger partial charge in [-0.3, -0.25) is 9.59 Å². The predicted molar refractivity (Wildman–Crippen MR) is 61.8 cm³/mol. The van der Waals surface area contributed by atoms with E-state index in [2.05, 4.69) is 0 Å². The first-order valence-electron chi connectivity index (χ1n) is 5.17. The highest BCUT2D eigenvalue weighted by atomic mass is 32.1. The van der Waals surface area contributed by atoms with E-state index in [-0.39, 0.29) is 5.91 Å². The second-order valence-electron chi connectivity index (χ2n) is 3.92. The number of carbonyl (C=O) groups is 2. The lowest BCUT2D eigenvalue weighted by Gasteiger charge is -2.14. The highest BCUT2D eigenvalue weighted by Gasteiger charge is 2.35. The molecule has 0 aliphatic carbocycles. The van der Waals surface area contributed by atoms with E-state index in [1.807, 2.05) is 6.07 Å². The monoisotopic (exact) mass is 249 g/mol. The number of thiophene rings is 1. The van der Waals surface area contributed by atoms with Gasteiger partial charge in [-0.2, -0.15) is 5.26 Å². The van der Waals surface area contributed by atoms with Gasteiger partial charge in [0.2, 0.25) is 11.8 Å². The molecule has 88 valence electrons. The van der Waals surface area contributed by atoms with Gasteiger partial charge in [0, 0.05) is 16.8 Å². The molecule has 5 nitrogen and oxygen atoms in total. The molecule has 2 heterocycles. The number of nitriles is 1. The van der Waals surface area contributed by atoms with Crippen molar-refractivity contribution in [3.63, 3.8) is 0 Å². The highest BCUT2D eigenvalue weighted by molar-refractivity contribution is 7.10. The molecule has 17 heavy (non-hydrogen) atoms. The van der Waals surface area contributed by atoms with Gasteiger partial charge in [0.15, 0.2) is 0 Å². The molecule has 1 aliphatic heterocycles. The average molecular weight is 249 g/mol. The molecule has 1 saturated heterocycles. The summed E-state index contributed by atoms with van der Waals surface area (Å²) in [6.45, 7) is 1.00. The second-order valence-corrected chi connectivity index (χ2v) is 4.91. The quantitative estimate of drug-likeness (QED) is 0.789. The standard InChI is InChI=1S/C11H11N3O2S/c12-4-7-3-8(17-6-7)5-14-2-1-9(10(13)15)11(14)16/h3,6,9H,1-2,5H2,(H2,13,15)/t9-/m0/s1. The number of likely N-dealkylation sites (tertiary alicyclic amines) is 1. The zero-order valence-corrected chi connectivity index (χ0v) is 9.87. The largest absolute Gasteiger partial charge is 0.369 e. The molecule has 0 bridgehead atoms. The van der Waals surface area contributed by atoms with Gasteiger partial charge in [0.25, 0.3) is 0 Å². The lowest BCUT2D eigenvalue weighted by Crippen LogP contribution is -2.32. The maximum absolute atomic E-state index is 11.8. The molecule has 0 saturated carbocycles. The third-order valence-corrected chi connectivity index (χ3v) is 3.69. The van der Waals surface area contributed by atoms with Crippen LogP contribution in [0.5, 0.6) is 0 Å². The lowest BCUT2D eigenvalue weighted by molar-refractivity contribution is -0.136. The zero-order chi connectivity index (χ0) is 12.4. The zero-order valence-electron chi connectivity index (χ0n) is 9.05. The molecule has 0 spiro atoms. The molecule has 6 heteroatoms. The third-order valence-electron chi connectivity index (χ3n) is 2.77. The van der Waals surface area contributed by atoms with Crippen molar-refractivity contribution in [2.24, 2.45) is 11.7 Å². The van der Waals surface area contributed by atoms with E-state index in [9.17, 15) is 9.59 Å². The molecular formula is C11H11N3O2S. The van der Waals surface area contributed by atoms with Crippen LogP contribution in [0.4, 0.5) is 0 Å². The van der Waals surface area contributed by atoms with Crippen LogP contribution in [0.15, 0.2) is 11.4 Å². The van der Waals surface area contributed by atoms with E-state index >= 15 is 0 Å². The van der Waals surface area contributed by atoms with Gasteiger partial charge >= 0.3 is 0 Å². The summed E-state index contributed by atoms with van der Waals surface area (Å²) in [5.74, 6) is -1.43. The SMILES string of the molecule is N#Cc1csc(CN2CC[C@@H](C(N)=O)C2=O)c1. The summed E-state index contributed by atoms with van der Waals surface area (Å²) in [6.07, 6.45) is 0.491. The Morgan fingerprint density at radius 3 is 3.00 bits per heavy atom. The average Bonchev–Trinajstić information content (AvgIpc) is 2.87. The van der Waals surface area contributed by atoms with Crippen LogP contribution in [0.2, 0.25) is 0 Å². The van der Waals surface area contributed by atoms with Crippen LogP contribution >= 0.6 is 11.3 Å². The van der Waals surface area contributed by atoms with Crippen molar-refractivity contribution in [2.75, 3.05) is 6.54 Å². The Hall–Kier alpha value is -1.87. The van der Waals surface area contributed by atoms with Gasteiger partial charge in [-0.25, -0.2) is 0 Å². The number of primary amides is 1. The van der Waals surface area contributed by atoms with Gasteiger partial charge in [-0.1, -0.05) is 0 Å². The van der Waals surface area contributed by atoms with Crippen molar-refractivity contribution in [3.8, 4) is 6.07 Å². The lowest BCUT2D eigenvalue weighted by atomic mass is 10.1. The molecule has 1 aromatic heterocycles. The maximum Gasteiger partial charge on any atom is 0.235 e. The van der Waals surface area contributed by atoms with E-state index in [0.29, 0.717) is 25.1 Å². The molecule has 1 aliphatic rings. The number of hydrogen-bond acceptors (Lipinski definition) is 4. The van der Waals surface area contributed by atoms with Crippen molar-refractivity contribution >= 4 is 23.2 Å². The number of carbonyl (C=O) groups excluding carboxylic acids is 2. The van der Waals surface area contributed by atoms with Gasteiger partial charge < -0.3 is 10.6 Å². The van der Waals surface area contributed by atoms with Gasteiger partial charge in [-0.15, -0.1) is 11.3 Å². The fraction of sp³-hybridized carbons (Fsp3) is 0.364. The van der Waals surface area contributed by atoms with E-state index in [4.69, 9.17) is 11.0 Å². The van der Waals surface area contributed by atoms with Gasteiger partial charge in [0.05, 0.1) is 12.1 Å². The predicted octanol–water partition coefficient (Wildman–Crippen LogP) is 0.454. The van der Waals surface area contributed by atoms with Gasteiger partial charge in [0.1, 0.15) is 12.0 Å². The molecule has 1 fully saturated rings. The van der Waals surface area contributed by atoms with Crippen LogP contribution in [-0.4, -0.2) is 23.3 Å². The minimum Gasteiger partial charge on any atom is -0.369 e. The Labute approximate surface area is 102 Å². The Morgan fingerprint density at radius 1 is 1.71 bits per heavy atom. The number of amides is 2. The van der Waals surface area contributed by atoms with E-state index in [1.54, 1.807) is 16.3 Å². The Morgan fingerprint density at radius 2 is 2.47 bits per heavy atom. The van der Waals surface area contributed by atoms with Crippen LogP contribution < -0.4 is 5.73 Å². The van der Waals surface area contributed by atoms with E-state index in [1.165, 1.54) is 11.3 Å². The molecule has 0 aromatic carbocycles. The summed E-state index contributed by atoms with van der Waals surface area (Å²) < 4.78 is 0. The molecule has 0 unspecified atom stereocenters. The van der Waals surface area contributed by atoms with Crippen LogP contribution in [0.3, 0.4) is 0 Å². The fourth-order valence-corrected chi connectivity index (χ4v) is 2.69. The molecule has 2 amide bonds. The molecule has 2 N–H and O–H groups in total. The first-order valence-corrected chi connectivity index (χ1v) is 6.05. The van der Waals surface area contributed by atoms with Crippen molar-refractivity contribution in [2.45, 2.75) is 13.0 Å². The number of hydrogen-bond donors (Lipinski definition) is 1. The second kappa shape index (κ2) is 4.55. The van der Waals surface area contributed by atoms with Crippen molar-refractivity contribution < 1.29 is 9.59 Å². The Balaban J connectivity index is 2.04. The minimum atomic E-state index is -0.676. The summed E-state index contributed by atoms with van der Waals surface area (Å²) in [6, 6.07) is 3.80. The molecular weight excluding hydrogens is 238 g/mol. The van der Waals surface area contributed by atoms with Crippen LogP contribution in [0.1, 0.15) is 16.9 Å².